The molecule has 0 spiro atoms. The number of thiophene rings is 1. The van der Waals surface area contributed by atoms with Gasteiger partial charge in [-0.3, -0.25) is 4.79 Å². The molecule has 1 heterocycles. The van der Waals surface area contributed by atoms with Crippen LogP contribution in [-0.2, 0) is 8.85 Å². The van der Waals surface area contributed by atoms with Gasteiger partial charge in [-0.15, -0.1) is 11.3 Å². The number of ether oxygens (including phenoxy) is 2. The molecule has 0 saturated carbocycles. The summed E-state index contributed by atoms with van der Waals surface area (Å²) in [5, 5.41) is 2.21. The normalized spacial score (nSPS) is 14.0. The van der Waals surface area contributed by atoms with Crippen LogP contribution in [0.5, 0.6) is 11.5 Å². The monoisotopic (exact) mass is 548 g/mol. The summed E-state index contributed by atoms with van der Waals surface area (Å²) in [7, 11) is -0.0399. The second kappa shape index (κ2) is 11.9. The van der Waals surface area contributed by atoms with E-state index in [1.165, 1.54) is 0 Å². The molecule has 0 N–H and O–H groups in total. The van der Waals surface area contributed by atoms with Gasteiger partial charge < -0.3 is 18.3 Å². The molecule has 1 unspecified atom stereocenters. The van der Waals surface area contributed by atoms with Crippen molar-refractivity contribution in [2.24, 2.45) is 5.92 Å². The molecule has 2 radical (unpaired) electrons. The molecule has 0 aliphatic heterocycles. The second-order valence-electron chi connectivity index (χ2n) is 12.3. The number of methoxy groups -OCH3 is 1. The minimum Gasteiger partial charge on any atom is -0.496 e. The largest absolute Gasteiger partial charge is 0.496 e. The number of carbonyl (C=O) groups is 1. The average Bonchev–Trinajstić information content (AvgIpc) is 3.30. The summed E-state index contributed by atoms with van der Waals surface area (Å²) >= 11 is 1.61. The minimum absolute atomic E-state index is 0.00518. The van der Waals surface area contributed by atoms with Gasteiger partial charge in [-0.25, -0.2) is 0 Å². The molecule has 0 aliphatic rings. The molecule has 0 aliphatic carbocycles. The summed E-state index contributed by atoms with van der Waals surface area (Å²) in [6.07, 6.45) is 0.819. The Balaban J connectivity index is 2.38. The Labute approximate surface area is 226 Å². The van der Waals surface area contributed by atoms with Crippen LogP contribution in [0, 0.1) is 5.92 Å². The Morgan fingerprint density at radius 2 is 1.69 bits per heavy atom. The maximum atomic E-state index is 11.7. The van der Waals surface area contributed by atoms with Crippen molar-refractivity contribution in [2.45, 2.75) is 84.2 Å². The van der Waals surface area contributed by atoms with Gasteiger partial charge in [0.25, 0.3) is 0 Å². The van der Waals surface area contributed by atoms with E-state index >= 15 is 0 Å². The van der Waals surface area contributed by atoms with E-state index in [2.05, 4.69) is 68.5 Å². The fourth-order valence-electron chi connectivity index (χ4n) is 3.12. The topological polar surface area (TPSA) is 54.0 Å². The van der Waals surface area contributed by atoms with Crippen molar-refractivity contribution in [1.82, 2.24) is 0 Å². The van der Waals surface area contributed by atoms with Crippen molar-refractivity contribution in [2.75, 3.05) is 20.3 Å². The molecular weight excluding hydrogens is 505 g/mol. The first-order valence-corrected chi connectivity index (χ1v) is 17.1. The van der Waals surface area contributed by atoms with E-state index in [0.29, 0.717) is 40.0 Å². The number of carbonyl (C=O) groups excluding carboxylic acids is 1. The van der Waals surface area contributed by atoms with E-state index in [1.807, 2.05) is 29.6 Å². The van der Waals surface area contributed by atoms with Crippen molar-refractivity contribution >= 4 is 35.7 Å². The summed E-state index contributed by atoms with van der Waals surface area (Å²) in [4.78, 5) is 12.7. The van der Waals surface area contributed by atoms with Gasteiger partial charge in [-0.2, -0.15) is 0 Å². The number of hydrogen-bond acceptors (Lipinski definition) is 6. The van der Waals surface area contributed by atoms with Crippen molar-refractivity contribution < 1.29 is 23.1 Å². The maximum Gasteiger partial charge on any atom is 0.236 e. The van der Waals surface area contributed by atoms with Crippen LogP contribution in [0.15, 0.2) is 29.6 Å². The summed E-state index contributed by atoms with van der Waals surface area (Å²) in [5.74, 6) is 1.18. The zero-order valence-electron chi connectivity index (χ0n) is 23.9. The Morgan fingerprint density at radius 3 is 2.19 bits per heavy atom. The zero-order chi connectivity index (χ0) is 27.4. The third-order valence-corrected chi connectivity index (χ3v) is 13.4. The average molecular weight is 549 g/mol. The van der Waals surface area contributed by atoms with Gasteiger partial charge in [0, 0.05) is 29.0 Å². The van der Waals surface area contributed by atoms with Crippen LogP contribution in [0.3, 0.4) is 0 Å². The van der Waals surface area contributed by atoms with E-state index in [1.54, 1.807) is 18.4 Å². The molecule has 36 heavy (non-hydrogen) atoms. The molecule has 0 amide bonds. The van der Waals surface area contributed by atoms with Gasteiger partial charge in [0.05, 0.1) is 24.9 Å². The smallest absolute Gasteiger partial charge is 0.236 e. The fraction of sp³-hybridized carbons (Fsp3) is 0.607. The third-order valence-electron chi connectivity index (χ3n) is 6.74. The van der Waals surface area contributed by atoms with Crippen LogP contribution in [0.2, 0.25) is 23.2 Å². The number of rotatable bonds is 12. The van der Waals surface area contributed by atoms with Crippen LogP contribution < -0.4 is 9.47 Å². The Bertz CT molecular complexity index is 989. The summed E-state index contributed by atoms with van der Waals surface area (Å²) in [6, 6.07) is 7.68. The lowest BCUT2D eigenvalue weighted by atomic mass is 9.92. The van der Waals surface area contributed by atoms with E-state index in [0.717, 1.165) is 16.7 Å². The highest BCUT2D eigenvalue weighted by molar-refractivity contribution is 7.13. The van der Waals surface area contributed by atoms with Crippen LogP contribution in [-0.4, -0.2) is 50.3 Å². The molecule has 1 atom stereocenters. The molecule has 2 aromatic rings. The van der Waals surface area contributed by atoms with Crippen LogP contribution in [0.4, 0.5) is 0 Å². The van der Waals surface area contributed by atoms with E-state index in [4.69, 9.17) is 18.3 Å². The fourth-order valence-corrected chi connectivity index (χ4v) is 5.66. The van der Waals surface area contributed by atoms with E-state index in [-0.39, 0.29) is 16.0 Å². The van der Waals surface area contributed by atoms with Crippen molar-refractivity contribution in [1.29, 1.82) is 0 Å². The highest BCUT2D eigenvalue weighted by Crippen LogP contribution is 2.40. The molecule has 5 nitrogen and oxygen atoms in total. The summed E-state index contributed by atoms with van der Waals surface area (Å²) < 4.78 is 25.1. The first-order chi connectivity index (χ1) is 16.5. The predicted molar refractivity (Wildman–Crippen MR) is 154 cm³/mol. The zero-order valence-corrected chi connectivity index (χ0v) is 26.7. The van der Waals surface area contributed by atoms with Gasteiger partial charge in [0.2, 0.25) is 9.76 Å². The minimum atomic E-state index is -1.96. The highest BCUT2D eigenvalue weighted by atomic mass is 32.1. The SMILES string of the molecule is COc1cc(OCC(CO[Si](C)(C)C(C)(C)C)C(C)(C)O[Si]C(C)(C)C)c(-c2cccs2)cc1C=O. The van der Waals surface area contributed by atoms with Gasteiger partial charge in [-0.1, -0.05) is 47.6 Å². The molecule has 0 bridgehead atoms. The lowest BCUT2D eigenvalue weighted by molar-refractivity contribution is -0.00609. The number of hydrogen-bond donors (Lipinski definition) is 0. The van der Waals surface area contributed by atoms with Crippen LogP contribution >= 0.6 is 11.3 Å². The maximum absolute atomic E-state index is 11.7. The Kier molecular flexibility index (Phi) is 10.2. The Hall–Kier alpha value is -1.46. The Morgan fingerprint density at radius 1 is 1.03 bits per heavy atom. The van der Waals surface area contributed by atoms with Gasteiger partial charge in [0.1, 0.15) is 11.5 Å². The molecular formula is C28H44O5SSi2. The first-order valence-electron chi connectivity index (χ1n) is 12.4. The number of benzene rings is 1. The molecule has 0 fully saturated rings. The lowest BCUT2D eigenvalue weighted by Gasteiger charge is -2.41. The van der Waals surface area contributed by atoms with Gasteiger partial charge in [-0.05, 0) is 54.5 Å². The van der Waals surface area contributed by atoms with E-state index < -0.39 is 13.9 Å². The van der Waals surface area contributed by atoms with E-state index in [9.17, 15) is 4.79 Å². The highest BCUT2D eigenvalue weighted by Gasteiger charge is 2.40. The van der Waals surface area contributed by atoms with Crippen molar-refractivity contribution in [3.63, 3.8) is 0 Å². The lowest BCUT2D eigenvalue weighted by Crippen LogP contribution is -2.47. The molecule has 2 rings (SSSR count). The summed E-state index contributed by atoms with van der Waals surface area (Å²) in [6.45, 7) is 23.1. The van der Waals surface area contributed by atoms with Crippen LogP contribution in [0.25, 0.3) is 10.4 Å². The molecule has 1 aromatic carbocycles. The molecule has 200 valence electrons. The molecule has 8 heteroatoms. The quantitative estimate of drug-likeness (QED) is 0.199. The molecule has 1 aromatic heterocycles. The predicted octanol–water partition coefficient (Wildman–Crippen LogP) is 7.89. The number of aldehydes is 1. The summed E-state index contributed by atoms with van der Waals surface area (Å²) in [5.41, 5.74) is 0.928. The van der Waals surface area contributed by atoms with Gasteiger partial charge in [0.15, 0.2) is 14.6 Å². The first kappa shape index (κ1) is 30.8. The van der Waals surface area contributed by atoms with Crippen LogP contribution in [0.1, 0.15) is 65.7 Å². The van der Waals surface area contributed by atoms with Crippen molar-refractivity contribution in [3.8, 4) is 21.9 Å². The van der Waals surface area contributed by atoms with Gasteiger partial charge >= 0.3 is 0 Å². The van der Waals surface area contributed by atoms with Crippen molar-refractivity contribution in [3.05, 3.63) is 35.2 Å². The standard InChI is InChI=1S/C28H44O5SSi2/c1-26(2,3)35-33-28(7,8)21(19-32-36(10,11)27(4,5)6)18-31-24-16-23(30-9)20(17-29)15-22(24)25-13-12-14-34-25/h12-17,21H,18-19H2,1-11H3. The third kappa shape index (κ3) is 8.28. The second-order valence-corrected chi connectivity index (χ2v) is 20.0. The molecule has 0 saturated heterocycles.